The number of anilines is 1. The Morgan fingerprint density at radius 1 is 1.09 bits per heavy atom. The van der Waals surface area contributed by atoms with Gasteiger partial charge in [0.05, 0.1) is 13.1 Å². The quantitative estimate of drug-likeness (QED) is 0.392. The van der Waals surface area contributed by atoms with Gasteiger partial charge in [-0.2, -0.15) is 5.10 Å². The van der Waals surface area contributed by atoms with Gasteiger partial charge in [-0.1, -0.05) is 36.4 Å². The van der Waals surface area contributed by atoms with E-state index in [0.29, 0.717) is 17.9 Å². The first kappa shape index (κ1) is 23.6. The second kappa shape index (κ2) is 11.0. The van der Waals surface area contributed by atoms with Gasteiger partial charge in [0, 0.05) is 48.5 Å². The Balaban J connectivity index is 1.47. The number of benzene rings is 2. The molecule has 4 aromatic rings. The monoisotopic (exact) mass is 469 g/mol. The highest BCUT2D eigenvalue weighted by molar-refractivity contribution is 5.98. The van der Waals surface area contributed by atoms with Gasteiger partial charge in [-0.15, -0.1) is 0 Å². The van der Waals surface area contributed by atoms with E-state index in [-0.39, 0.29) is 12.5 Å². The minimum absolute atomic E-state index is 0.178. The average molecular weight is 470 g/mol. The van der Waals surface area contributed by atoms with Gasteiger partial charge >= 0.3 is 0 Å². The van der Waals surface area contributed by atoms with E-state index in [1.54, 1.807) is 24.5 Å². The maximum atomic E-state index is 13.3. The third-order valence-electron chi connectivity index (χ3n) is 5.18. The number of carbonyl (C=O) groups excluding carboxylic acids is 2. The Morgan fingerprint density at radius 3 is 2.66 bits per heavy atom. The van der Waals surface area contributed by atoms with Gasteiger partial charge < -0.3 is 10.2 Å². The van der Waals surface area contributed by atoms with E-state index in [1.807, 2.05) is 53.3 Å². The lowest BCUT2D eigenvalue weighted by Gasteiger charge is -2.14. The molecule has 7 nitrogen and oxygen atoms in total. The third-order valence-corrected chi connectivity index (χ3v) is 5.18. The minimum Gasteiger partial charge on any atom is -0.333 e. The minimum atomic E-state index is -0.451. The van der Waals surface area contributed by atoms with E-state index in [2.05, 4.69) is 10.3 Å². The van der Waals surface area contributed by atoms with Crippen molar-refractivity contribution in [2.75, 3.05) is 18.9 Å². The van der Waals surface area contributed by atoms with Crippen LogP contribution in [0.25, 0.3) is 17.3 Å². The summed E-state index contributed by atoms with van der Waals surface area (Å²) in [5.41, 5.74) is 3.71. The molecule has 2 heterocycles. The molecule has 0 atom stereocenters. The molecule has 4 rings (SSSR count). The molecule has 2 aromatic heterocycles. The number of amides is 2. The first-order valence-corrected chi connectivity index (χ1v) is 11.0. The van der Waals surface area contributed by atoms with Crippen LogP contribution < -0.4 is 5.32 Å². The van der Waals surface area contributed by atoms with Crippen molar-refractivity contribution in [1.82, 2.24) is 19.7 Å². The molecular formula is C27H24FN5O2. The van der Waals surface area contributed by atoms with E-state index in [1.165, 1.54) is 36.2 Å². The van der Waals surface area contributed by atoms with E-state index < -0.39 is 11.7 Å². The number of nitrogens with one attached hydrogen (secondary N) is 1. The lowest BCUT2D eigenvalue weighted by molar-refractivity contribution is -0.129. The van der Waals surface area contributed by atoms with Gasteiger partial charge in [-0.3, -0.25) is 19.3 Å². The van der Waals surface area contributed by atoms with Crippen molar-refractivity contribution < 1.29 is 14.0 Å². The van der Waals surface area contributed by atoms with E-state index >= 15 is 0 Å². The zero-order valence-corrected chi connectivity index (χ0v) is 19.1. The molecule has 176 valence electrons. The van der Waals surface area contributed by atoms with Crippen LogP contribution in [0.2, 0.25) is 0 Å². The molecule has 0 aliphatic heterocycles. The SMILES string of the molecule is CN(CC(=O)Nc1cccc(F)c1)C(=O)C=Cc1cn(Cc2ccccc2)nc1-c1cccnc1. The fourth-order valence-electron chi connectivity index (χ4n) is 3.49. The second-order valence-electron chi connectivity index (χ2n) is 7.94. The van der Waals surface area contributed by atoms with E-state index in [4.69, 9.17) is 5.10 Å². The van der Waals surface area contributed by atoms with Crippen LogP contribution in [0.1, 0.15) is 11.1 Å². The topological polar surface area (TPSA) is 80.1 Å². The highest BCUT2D eigenvalue weighted by Gasteiger charge is 2.13. The van der Waals surface area contributed by atoms with Crippen molar-refractivity contribution in [2.24, 2.45) is 0 Å². The van der Waals surface area contributed by atoms with Gasteiger partial charge in [0.25, 0.3) is 0 Å². The highest BCUT2D eigenvalue weighted by Crippen LogP contribution is 2.23. The molecular weight excluding hydrogens is 445 g/mol. The van der Waals surface area contributed by atoms with Crippen LogP contribution in [0.5, 0.6) is 0 Å². The maximum absolute atomic E-state index is 13.3. The first-order chi connectivity index (χ1) is 17.0. The molecule has 2 aromatic carbocycles. The molecule has 0 radical (unpaired) electrons. The summed E-state index contributed by atoms with van der Waals surface area (Å²) in [6.07, 6.45) is 8.36. The Hall–Kier alpha value is -4.59. The van der Waals surface area contributed by atoms with Crippen molar-refractivity contribution >= 4 is 23.6 Å². The molecule has 0 saturated carbocycles. The van der Waals surface area contributed by atoms with Crippen molar-refractivity contribution in [2.45, 2.75) is 6.54 Å². The number of likely N-dealkylation sites (N-methyl/N-ethyl adjacent to an activating group) is 1. The summed E-state index contributed by atoms with van der Waals surface area (Å²) in [7, 11) is 1.53. The molecule has 0 saturated heterocycles. The molecule has 0 spiro atoms. The van der Waals surface area contributed by atoms with Crippen LogP contribution in [0.4, 0.5) is 10.1 Å². The molecule has 8 heteroatoms. The summed E-state index contributed by atoms with van der Waals surface area (Å²) < 4.78 is 15.1. The fourth-order valence-corrected chi connectivity index (χ4v) is 3.49. The van der Waals surface area contributed by atoms with Crippen LogP contribution in [0.15, 0.2) is 91.4 Å². The number of hydrogen-bond donors (Lipinski definition) is 1. The number of hydrogen-bond acceptors (Lipinski definition) is 4. The molecule has 0 bridgehead atoms. The van der Waals surface area contributed by atoms with Crippen LogP contribution in [0.3, 0.4) is 0 Å². The first-order valence-electron chi connectivity index (χ1n) is 11.0. The largest absolute Gasteiger partial charge is 0.333 e. The van der Waals surface area contributed by atoms with Crippen LogP contribution in [-0.4, -0.2) is 45.1 Å². The Labute approximate surface area is 202 Å². The molecule has 0 aliphatic carbocycles. The van der Waals surface area contributed by atoms with Crippen molar-refractivity contribution in [3.8, 4) is 11.3 Å². The Morgan fingerprint density at radius 2 is 1.91 bits per heavy atom. The average Bonchev–Trinajstić information content (AvgIpc) is 3.26. The number of aromatic nitrogens is 3. The smallest absolute Gasteiger partial charge is 0.246 e. The number of halogens is 1. The molecule has 0 unspecified atom stereocenters. The Kier molecular flexibility index (Phi) is 7.42. The summed E-state index contributed by atoms with van der Waals surface area (Å²) in [5, 5.41) is 7.29. The number of pyridine rings is 1. The zero-order valence-electron chi connectivity index (χ0n) is 19.1. The van der Waals surface area contributed by atoms with E-state index in [9.17, 15) is 14.0 Å². The summed E-state index contributed by atoms with van der Waals surface area (Å²) in [6, 6.07) is 19.3. The Bertz CT molecular complexity index is 1340. The fraction of sp³-hybridized carbons (Fsp3) is 0.111. The summed E-state index contributed by atoms with van der Waals surface area (Å²) >= 11 is 0. The second-order valence-corrected chi connectivity index (χ2v) is 7.94. The molecule has 2 amide bonds. The van der Waals surface area contributed by atoms with Crippen molar-refractivity contribution in [3.05, 3.63) is 108 Å². The predicted octanol–water partition coefficient (Wildman–Crippen LogP) is 4.24. The van der Waals surface area contributed by atoms with Crippen molar-refractivity contribution in [3.63, 3.8) is 0 Å². The molecule has 0 fully saturated rings. The summed E-state index contributed by atoms with van der Waals surface area (Å²) in [5.74, 6) is -1.23. The summed E-state index contributed by atoms with van der Waals surface area (Å²) in [6.45, 7) is 0.401. The van der Waals surface area contributed by atoms with Crippen molar-refractivity contribution in [1.29, 1.82) is 0 Å². The lowest BCUT2D eigenvalue weighted by Crippen LogP contribution is -2.33. The zero-order chi connectivity index (χ0) is 24.6. The predicted molar refractivity (Wildman–Crippen MR) is 133 cm³/mol. The van der Waals surface area contributed by atoms with E-state index in [0.717, 1.165) is 16.7 Å². The number of carbonyl (C=O) groups is 2. The number of nitrogens with zero attached hydrogens (tertiary/aromatic N) is 4. The van der Waals surface area contributed by atoms with Gasteiger partial charge in [0.15, 0.2) is 0 Å². The van der Waals surface area contributed by atoms with Gasteiger partial charge in [-0.05, 0) is 42.0 Å². The third kappa shape index (κ3) is 6.48. The van der Waals surface area contributed by atoms with Gasteiger partial charge in [0.1, 0.15) is 11.5 Å². The van der Waals surface area contributed by atoms with Gasteiger partial charge in [0.2, 0.25) is 11.8 Å². The number of rotatable bonds is 8. The van der Waals surface area contributed by atoms with Crippen LogP contribution in [-0.2, 0) is 16.1 Å². The standard InChI is InChI=1S/C27H24FN5O2/c1-32(19-25(34)30-24-11-5-10-23(28)15-24)26(35)13-12-22-18-33(17-20-7-3-2-4-8-20)31-27(22)21-9-6-14-29-16-21/h2-16,18H,17,19H2,1H3,(H,30,34). The van der Waals surface area contributed by atoms with Gasteiger partial charge in [-0.25, -0.2) is 4.39 Å². The molecule has 1 N–H and O–H groups in total. The maximum Gasteiger partial charge on any atom is 0.246 e. The lowest BCUT2D eigenvalue weighted by atomic mass is 10.1. The van der Waals surface area contributed by atoms with Crippen LogP contribution in [0, 0.1) is 5.82 Å². The normalized spacial score (nSPS) is 10.9. The molecule has 0 aliphatic rings. The highest BCUT2D eigenvalue weighted by atomic mass is 19.1. The molecule has 35 heavy (non-hydrogen) atoms. The van der Waals surface area contributed by atoms with Crippen LogP contribution >= 0.6 is 0 Å². The summed E-state index contributed by atoms with van der Waals surface area (Å²) in [4.78, 5) is 30.4.